The smallest absolute Gasteiger partial charge is 0.399 e. The summed E-state index contributed by atoms with van der Waals surface area (Å²) in [4.78, 5) is 0. The van der Waals surface area contributed by atoms with Crippen LogP contribution in [0.25, 0.3) is 0 Å². The number of benzene rings is 1. The highest BCUT2D eigenvalue weighted by Gasteiger charge is 2.52. The molecule has 0 saturated carbocycles. The van der Waals surface area contributed by atoms with Crippen LogP contribution in [0.1, 0.15) is 51.8 Å². The van der Waals surface area contributed by atoms with Gasteiger partial charge in [0.15, 0.2) is 0 Å². The fraction of sp³-hybridized carbons (Fsp3) is 0.667. The molecular weight excluding hydrogens is 291 g/mol. The van der Waals surface area contributed by atoms with E-state index in [1.165, 1.54) is 11.1 Å². The second kappa shape index (κ2) is 5.89. The molecule has 0 N–H and O–H groups in total. The van der Waals surface area contributed by atoms with E-state index < -0.39 is 0 Å². The number of hydrogen-bond acceptors (Lipinski definition) is 4. The van der Waals surface area contributed by atoms with Crippen LogP contribution in [0.3, 0.4) is 0 Å². The fourth-order valence-electron chi connectivity index (χ4n) is 3.45. The molecule has 0 aromatic heterocycles. The molecule has 1 fully saturated rings. The molecule has 1 aromatic rings. The van der Waals surface area contributed by atoms with Crippen LogP contribution < -0.4 is 5.46 Å². The first-order valence-electron chi connectivity index (χ1n) is 8.34. The van der Waals surface area contributed by atoms with E-state index in [1.807, 2.05) is 0 Å². The van der Waals surface area contributed by atoms with E-state index in [0.717, 1.165) is 11.9 Å². The van der Waals surface area contributed by atoms with Gasteiger partial charge < -0.3 is 18.8 Å². The Morgan fingerprint density at radius 1 is 1.17 bits per heavy atom. The minimum Gasteiger partial charge on any atom is -0.399 e. The zero-order valence-electron chi connectivity index (χ0n) is 15.0. The van der Waals surface area contributed by atoms with Crippen molar-refractivity contribution in [3.05, 3.63) is 29.3 Å². The summed E-state index contributed by atoms with van der Waals surface area (Å²) in [7, 11) is 1.34. The summed E-state index contributed by atoms with van der Waals surface area (Å²) in [6.45, 7) is 10.9. The van der Waals surface area contributed by atoms with Crippen molar-refractivity contribution in [3.8, 4) is 0 Å². The Labute approximate surface area is 139 Å². The average Bonchev–Trinajstić information content (AvgIpc) is 2.89. The second-order valence-corrected chi connectivity index (χ2v) is 7.68. The lowest BCUT2D eigenvalue weighted by Gasteiger charge is -2.32. The topological polar surface area (TPSA) is 36.9 Å². The highest BCUT2D eigenvalue weighted by Crippen LogP contribution is 2.40. The van der Waals surface area contributed by atoms with Crippen molar-refractivity contribution in [1.82, 2.24) is 0 Å². The molecule has 2 atom stereocenters. The second-order valence-electron chi connectivity index (χ2n) is 7.68. The van der Waals surface area contributed by atoms with Gasteiger partial charge in [-0.25, -0.2) is 0 Å². The highest BCUT2D eigenvalue weighted by atomic mass is 16.7. The van der Waals surface area contributed by atoms with Crippen LogP contribution in [-0.2, 0) is 25.2 Å². The molecule has 1 heterocycles. The Hall–Kier alpha value is -0.875. The first-order chi connectivity index (χ1) is 10.8. The van der Waals surface area contributed by atoms with E-state index in [-0.39, 0.29) is 24.4 Å². The third kappa shape index (κ3) is 2.84. The van der Waals surface area contributed by atoms with Crippen LogP contribution in [-0.4, -0.2) is 32.2 Å². The Morgan fingerprint density at radius 2 is 1.83 bits per heavy atom. The summed E-state index contributed by atoms with van der Waals surface area (Å²) in [5, 5.41) is 0. The summed E-state index contributed by atoms with van der Waals surface area (Å²) in [6, 6.07) is 6.33. The van der Waals surface area contributed by atoms with E-state index in [1.54, 1.807) is 7.11 Å². The van der Waals surface area contributed by atoms with Gasteiger partial charge in [-0.15, -0.1) is 0 Å². The average molecular weight is 318 g/mol. The Balaban J connectivity index is 1.91. The fourth-order valence-corrected chi connectivity index (χ4v) is 3.45. The zero-order valence-corrected chi connectivity index (χ0v) is 15.0. The Morgan fingerprint density at radius 3 is 2.43 bits per heavy atom. The largest absolute Gasteiger partial charge is 0.495 e. The lowest BCUT2D eigenvalue weighted by Crippen LogP contribution is -2.41. The number of methoxy groups -OCH3 is 1. The Kier molecular flexibility index (Phi) is 4.34. The number of hydrogen-bond donors (Lipinski definition) is 0. The van der Waals surface area contributed by atoms with Gasteiger partial charge in [-0.3, -0.25) is 0 Å². The molecule has 126 valence electrons. The van der Waals surface area contributed by atoms with Gasteiger partial charge in [0.05, 0.1) is 17.3 Å². The molecule has 1 saturated heterocycles. The predicted octanol–water partition coefficient (Wildman–Crippen LogP) is 2.84. The summed E-state index contributed by atoms with van der Waals surface area (Å²) in [5.74, 6) is 0.420. The minimum absolute atomic E-state index is 0.0762. The summed E-state index contributed by atoms with van der Waals surface area (Å²) in [5.41, 5.74) is 3.03. The van der Waals surface area contributed by atoms with E-state index in [4.69, 9.17) is 18.8 Å². The van der Waals surface area contributed by atoms with Crippen LogP contribution in [0.2, 0.25) is 0 Å². The SMILES string of the molecule is COCOC1c2cccc(B3OC(C)(C)C(C)(C)O3)c2CC1C. The standard InChI is InChI=1S/C18H27BO4/c1-12-10-14-13(16(12)21-11-20-6)8-7-9-15(14)19-22-17(2,3)18(4,5)23-19/h7-9,12,16H,10-11H2,1-6H3. The van der Waals surface area contributed by atoms with Gasteiger partial charge >= 0.3 is 7.12 Å². The minimum atomic E-state index is -0.323. The number of fused-ring (bicyclic) bond motifs is 1. The molecule has 0 spiro atoms. The normalized spacial score (nSPS) is 28.2. The molecule has 1 aliphatic carbocycles. The molecule has 5 heteroatoms. The summed E-state index contributed by atoms with van der Waals surface area (Å²) >= 11 is 0. The van der Waals surface area contributed by atoms with Crippen molar-refractivity contribution < 1.29 is 18.8 Å². The van der Waals surface area contributed by atoms with Crippen LogP contribution in [0.5, 0.6) is 0 Å². The van der Waals surface area contributed by atoms with Crippen LogP contribution in [0, 0.1) is 5.92 Å². The van der Waals surface area contributed by atoms with Crippen molar-refractivity contribution in [3.63, 3.8) is 0 Å². The molecule has 1 aliphatic heterocycles. The maximum absolute atomic E-state index is 6.24. The third-order valence-corrected chi connectivity index (χ3v) is 5.47. The van der Waals surface area contributed by atoms with Crippen molar-refractivity contribution in [2.24, 2.45) is 5.92 Å². The first kappa shape index (κ1) is 17.0. The van der Waals surface area contributed by atoms with Crippen molar-refractivity contribution >= 4 is 12.6 Å². The van der Waals surface area contributed by atoms with Crippen molar-refractivity contribution in [2.75, 3.05) is 13.9 Å². The summed E-state index contributed by atoms with van der Waals surface area (Å²) < 4.78 is 23.4. The number of ether oxygens (including phenoxy) is 2. The number of rotatable bonds is 4. The first-order valence-corrected chi connectivity index (χ1v) is 8.34. The van der Waals surface area contributed by atoms with Crippen LogP contribution in [0.4, 0.5) is 0 Å². The highest BCUT2D eigenvalue weighted by molar-refractivity contribution is 6.62. The molecule has 0 amide bonds. The van der Waals surface area contributed by atoms with Gasteiger partial charge in [0.1, 0.15) is 6.79 Å². The third-order valence-electron chi connectivity index (χ3n) is 5.47. The maximum Gasteiger partial charge on any atom is 0.495 e. The maximum atomic E-state index is 6.24. The van der Waals surface area contributed by atoms with Gasteiger partial charge in [-0.1, -0.05) is 25.1 Å². The van der Waals surface area contributed by atoms with E-state index in [2.05, 4.69) is 52.8 Å². The van der Waals surface area contributed by atoms with Gasteiger partial charge in [-0.2, -0.15) is 0 Å². The zero-order chi connectivity index (χ0) is 16.8. The van der Waals surface area contributed by atoms with Gasteiger partial charge in [-0.05, 0) is 56.6 Å². The van der Waals surface area contributed by atoms with E-state index in [0.29, 0.717) is 12.7 Å². The van der Waals surface area contributed by atoms with Gasteiger partial charge in [0.25, 0.3) is 0 Å². The molecule has 0 bridgehead atoms. The van der Waals surface area contributed by atoms with Gasteiger partial charge in [0, 0.05) is 7.11 Å². The van der Waals surface area contributed by atoms with Crippen molar-refractivity contribution in [2.45, 2.75) is 58.3 Å². The molecule has 2 unspecified atom stereocenters. The molecule has 2 aliphatic rings. The van der Waals surface area contributed by atoms with E-state index in [9.17, 15) is 0 Å². The van der Waals surface area contributed by atoms with Crippen LogP contribution >= 0.6 is 0 Å². The monoisotopic (exact) mass is 318 g/mol. The quantitative estimate of drug-likeness (QED) is 0.632. The van der Waals surface area contributed by atoms with Crippen LogP contribution in [0.15, 0.2) is 18.2 Å². The lowest BCUT2D eigenvalue weighted by molar-refractivity contribution is -0.0863. The summed E-state index contributed by atoms with van der Waals surface area (Å²) in [6.07, 6.45) is 1.05. The molecule has 0 radical (unpaired) electrons. The molecule has 1 aromatic carbocycles. The Bertz CT molecular complexity index is 568. The van der Waals surface area contributed by atoms with Gasteiger partial charge in [0.2, 0.25) is 0 Å². The lowest BCUT2D eigenvalue weighted by atomic mass is 9.75. The molecular formula is C18H27BO4. The predicted molar refractivity (Wildman–Crippen MR) is 90.7 cm³/mol. The van der Waals surface area contributed by atoms with Crippen molar-refractivity contribution in [1.29, 1.82) is 0 Å². The van der Waals surface area contributed by atoms with E-state index >= 15 is 0 Å². The molecule has 23 heavy (non-hydrogen) atoms. The molecule has 3 rings (SSSR count). The molecule has 4 nitrogen and oxygen atoms in total.